The molecule has 0 saturated carbocycles. The molecule has 0 saturated heterocycles. The first-order valence-electron chi connectivity index (χ1n) is 7.47. The van der Waals surface area contributed by atoms with Gasteiger partial charge in [0.2, 0.25) is 0 Å². The van der Waals surface area contributed by atoms with Crippen LogP contribution in [0.5, 0.6) is 0 Å². The Hall–Kier alpha value is -2.88. The zero-order chi connectivity index (χ0) is 18.3. The first-order chi connectivity index (χ1) is 11.3. The van der Waals surface area contributed by atoms with Crippen LogP contribution in [-0.2, 0) is 0 Å². The van der Waals surface area contributed by atoms with Crippen LogP contribution in [0.2, 0.25) is 0 Å². The lowest BCUT2D eigenvalue weighted by molar-refractivity contribution is 0.0981. The van der Waals surface area contributed by atoms with Gasteiger partial charge in [0.15, 0.2) is 23.1 Å². The van der Waals surface area contributed by atoms with E-state index in [0.717, 1.165) is 0 Å². The Morgan fingerprint density at radius 3 is 0.750 bits per heavy atom. The number of hydrogen-bond donors (Lipinski definition) is 0. The van der Waals surface area contributed by atoms with Crippen LogP contribution in [0, 0.1) is 0 Å². The van der Waals surface area contributed by atoms with E-state index in [-0.39, 0.29) is 23.1 Å². The molecule has 0 aromatic heterocycles. The van der Waals surface area contributed by atoms with Gasteiger partial charge in [0.25, 0.3) is 0 Å². The standard InChI is InChI=1S/2C10H10O2/c2*1-7(11)9-5-3-4-6-10(9)8(2)12/h2*3-6H,1-2H3. The summed E-state index contributed by atoms with van der Waals surface area (Å²) in [6.45, 7) is 5.84. The van der Waals surface area contributed by atoms with Crippen LogP contribution >= 0.6 is 0 Å². The maximum atomic E-state index is 11.0. The van der Waals surface area contributed by atoms with Gasteiger partial charge in [0.05, 0.1) is 0 Å². The van der Waals surface area contributed by atoms with Gasteiger partial charge in [-0.1, -0.05) is 48.5 Å². The smallest absolute Gasteiger partial charge is 0.160 e. The van der Waals surface area contributed by atoms with Gasteiger partial charge in [-0.15, -0.1) is 0 Å². The summed E-state index contributed by atoms with van der Waals surface area (Å²) in [6, 6.07) is 13.7. The van der Waals surface area contributed by atoms with E-state index in [2.05, 4.69) is 0 Å². The van der Waals surface area contributed by atoms with E-state index in [9.17, 15) is 19.2 Å². The van der Waals surface area contributed by atoms with Gasteiger partial charge < -0.3 is 0 Å². The minimum absolute atomic E-state index is 0.0687. The second-order valence-electron chi connectivity index (χ2n) is 5.32. The topological polar surface area (TPSA) is 68.3 Å². The molecule has 0 N–H and O–H groups in total. The molecule has 2 aromatic carbocycles. The molecule has 0 radical (unpaired) electrons. The van der Waals surface area contributed by atoms with E-state index in [0.29, 0.717) is 22.3 Å². The van der Waals surface area contributed by atoms with Crippen molar-refractivity contribution in [3.05, 3.63) is 70.8 Å². The van der Waals surface area contributed by atoms with Gasteiger partial charge in [0.1, 0.15) is 0 Å². The van der Waals surface area contributed by atoms with Crippen molar-refractivity contribution in [3.63, 3.8) is 0 Å². The molecule has 4 heteroatoms. The molecule has 0 bridgehead atoms. The second-order valence-corrected chi connectivity index (χ2v) is 5.32. The molecule has 0 aliphatic rings. The summed E-state index contributed by atoms with van der Waals surface area (Å²) in [5, 5.41) is 0. The minimum Gasteiger partial charge on any atom is -0.294 e. The van der Waals surface area contributed by atoms with Crippen molar-refractivity contribution in [3.8, 4) is 0 Å². The van der Waals surface area contributed by atoms with E-state index in [1.54, 1.807) is 48.5 Å². The number of Topliss-reactive ketones (excluding diaryl/α,β-unsaturated/α-hetero) is 4. The number of hydrogen-bond acceptors (Lipinski definition) is 4. The van der Waals surface area contributed by atoms with Gasteiger partial charge in [-0.3, -0.25) is 19.2 Å². The lowest BCUT2D eigenvalue weighted by atomic mass is 10.0. The minimum atomic E-state index is -0.0687. The summed E-state index contributed by atoms with van der Waals surface area (Å²) in [7, 11) is 0. The molecular weight excluding hydrogens is 304 g/mol. The Balaban J connectivity index is 0.000000240. The molecule has 2 aromatic rings. The summed E-state index contributed by atoms with van der Waals surface area (Å²) < 4.78 is 0. The average Bonchev–Trinajstić information content (AvgIpc) is 2.55. The predicted molar refractivity (Wildman–Crippen MR) is 92.9 cm³/mol. The number of rotatable bonds is 4. The van der Waals surface area contributed by atoms with Crippen molar-refractivity contribution >= 4 is 23.1 Å². The highest BCUT2D eigenvalue weighted by Crippen LogP contribution is 2.10. The molecular formula is C20H20O4. The van der Waals surface area contributed by atoms with E-state index in [1.807, 2.05) is 0 Å². The summed E-state index contributed by atoms with van der Waals surface area (Å²) in [5.74, 6) is -0.275. The Morgan fingerprint density at radius 1 is 0.458 bits per heavy atom. The fourth-order valence-electron chi connectivity index (χ4n) is 2.19. The molecule has 24 heavy (non-hydrogen) atoms. The van der Waals surface area contributed by atoms with E-state index in [4.69, 9.17) is 0 Å². The molecule has 124 valence electrons. The average molecular weight is 324 g/mol. The van der Waals surface area contributed by atoms with Crippen molar-refractivity contribution in [1.82, 2.24) is 0 Å². The third kappa shape index (κ3) is 5.09. The van der Waals surface area contributed by atoms with Crippen molar-refractivity contribution in [1.29, 1.82) is 0 Å². The predicted octanol–water partition coefficient (Wildman–Crippen LogP) is 4.18. The molecule has 0 aliphatic heterocycles. The van der Waals surface area contributed by atoms with Crippen LogP contribution in [0.1, 0.15) is 69.1 Å². The van der Waals surface area contributed by atoms with Crippen LogP contribution in [-0.4, -0.2) is 23.1 Å². The summed E-state index contributed by atoms with van der Waals surface area (Å²) >= 11 is 0. The van der Waals surface area contributed by atoms with Gasteiger partial charge in [-0.25, -0.2) is 0 Å². The van der Waals surface area contributed by atoms with Gasteiger partial charge in [-0.2, -0.15) is 0 Å². The van der Waals surface area contributed by atoms with Gasteiger partial charge in [0, 0.05) is 22.3 Å². The first-order valence-corrected chi connectivity index (χ1v) is 7.47. The molecule has 0 aliphatic carbocycles. The maximum absolute atomic E-state index is 11.0. The maximum Gasteiger partial charge on any atom is 0.160 e. The quantitative estimate of drug-likeness (QED) is 0.791. The van der Waals surface area contributed by atoms with Crippen LogP contribution < -0.4 is 0 Å². The van der Waals surface area contributed by atoms with Crippen molar-refractivity contribution in [2.75, 3.05) is 0 Å². The van der Waals surface area contributed by atoms with Crippen LogP contribution in [0.15, 0.2) is 48.5 Å². The molecule has 0 spiro atoms. The third-order valence-electron chi connectivity index (χ3n) is 3.37. The molecule has 0 heterocycles. The zero-order valence-corrected chi connectivity index (χ0v) is 14.3. The lowest BCUT2D eigenvalue weighted by Crippen LogP contribution is -2.02. The molecule has 0 amide bonds. The molecule has 0 atom stereocenters. The van der Waals surface area contributed by atoms with Crippen molar-refractivity contribution < 1.29 is 19.2 Å². The first kappa shape index (κ1) is 19.2. The van der Waals surface area contributed by atoms with Crippen molar-refractivity contribution in [2.45, 2.75) is 27.7 Å². The highest BCUT2D eigenvalue weighted by Gasteiger charge is 2.09. The third-order valence-corrected chi connectivity index (χ3v) is 3.37. The summed E-state index contributed by atoms with van der Waals surface area (Å²) in [5.41, 5.74) is 2.02. The summed E-state index contributed by atoms with van der Waals surface area (Å²) in [6.07, 6.45) is 0. The largest absolute Gasteiger partial charge is 0.294 e. The molecule has 0 fully saturated rings. The molecule has 4 nitrogen and oxygen atoms in total. The Bertz CT molecular complexity index is 654. The molecule has 0 unspecified atom stereocenters. The fourth-order valence-corrected chi connectivity index (χ4v) is 2.19. The fraction of sp³-hybridized carbons (Fsp3) is 0.200. The molecule has 2 rings (SSSR count). The van der Waals surface area contributed by atoms with E-state index >= 15 is 0 Å². The summed E-state index contributed by atoms with van der Waals surface area (Å²) in [4.78, 5) is 44.1. The highest BCUT2D eigenvalue weighted by atomic mass is 16.1. The van der Waals surface area contributed by atoms with Crippen molar-refractivity contribution in [2.24, 2.45) is 0 Å². The van der Waals surface area contributed by atoms with E-state index in [1.165, 1.54) is 27.7 Å². The normalized spacial score (nSPS) is 9.50. The Morgan fingerprint density at radius 2 is 0.625 bits per heavy atom. The highest BCUT2D eigenvalue weighted by molar-refractivity contribution is 6.07. The van der Waals surface area contributed by atoms with Gasteiger partial charge >= 0.3 is 0 Å². The number of carbonyl (C=O) groups excluding carboxylic acids is 4. The van der Waals surface area contributed by atoms with Crippen LogP contribution in [0.25, 0.3) is 0 Å². The Kier molecular flexibility index (Phi) is 6.93. The SMILES string of the molecule is CC(=O)c1ccccc1C(C)=O.CC(=O)c1ccccc1C(C)=O. The monoisotopic (exact) mass is 324 g/mol. The number of carbonyl (C=O) groups is 4. The van der Waals surface area contributed by atoms with Gasteiger partial charge in [-0.05, 0) is 27.7 Å². The lowest BCUT2D eigenvalue weighted by Gasteiger charge is -2.00. The van der Waals surface area contributed by atoms with E-state index < -0.39 is 0 Å². The number of ketones is 4. The second kappa shape index (κ2) is 8.67. The Labute approximate surface area is 141 Å². The van der Waals surface area contributed by atoms with Crippen LogP contribution in [0.4, 0.5) is 0 Å². The number of benzene rings is 2. The zero-order valence-electron chi connectivity index (χ0n) is 14.3. The van der Waals surface area contributed by atoms with Crippen LogP contribution in [0.3, 0.4) is 0 Å².